The van der Waals surface area contributed by atoms with E-state index in [-0.39, 0.29) is 22.3 Å². The van der Waals surface area contributed by atoms with E-state index in [9.17, 15) is 4.79 Å². The van der Waals surface area contributed by atoms with Crippen molar-refractivity contribution in [3.8, 4) is 0 Å². The number of thiocarbonyl (C=S) groups is 1. The number of rotatable bonds is 1. The van der Waals surface area contributed by atoms with E-state index in [1.54, 1.807) is 6.07 Å². The molecular weight excluding hydrogens is 260 g/mol. The lowest BCUT2D eigenvalue weighted by Crippen LogP contribution is -2.48. The highest BCUT2D eigenvalue weighted by atomic mass is 32.1. The van der Waals surface area contributed by atoms with Gasteiger partial charge in [-0.25, -0.2) is 0 Å². The lowest BCUT2D eigenvalue weighted by molar-refractivity contribution is 0.0951. The molecular formula is C14H16N2O2S. The fraction of sp³-hybridized carbons (Fsp3) is 0.286. The van der Waals surface area contributed by atoms with Gasteiger partial charge in [-0.05, 0) is 45.1 Å². The van der Waals surface area contributed by atoms with Gasteiger partial charge in [0.15, 0.2) is 10.9 Å². The van der Waals surface area contributed by atoms with Crippen molar-refractivity contribution >= 4 is 34.2 Å². The first-order valence-electron chi connectivity index (χ1n) is 5.97. The highest BCUT2D eigenvalue weighted by Gasteiger charge is 2.16. The Morgan fingerprint density at radius 1 is 1.26 bits per heavy atom. The average molecular weight is 276 g/mol. The summed E-state index contributed by atoms with van der Waals surface area (Å²) < 4.78 is 5.46. The second-order valence-electron chi connectivity index (χ2n) is 5.31. The third-order valence-electron chi connectivity index (χ3n) is 2.36. The lowest BCUT2D eigenvalue weighted by Gasteiger charge is -2.22. The highest BCUT2D eigenvalue weighted by Crippen LogP contribution is 2.18. The zero-order valence-electron chi connectivity index (χ0n) is 11.1. The molecule has 0 unspecified atom stereocenters. The number of carbonyl (C=O) groups is 1. The summed E-state index contributed by atoms with van der Waals surface area (Å²) in [7, 11) is 0. The number of furan rings is 1. The topological polar surface area (TPSA) is 54.3 Å². The lowest BCUT2D eigenvalue weighted by atomic mass is 10.1. The van der Waals surface area contributed by atoms with Gasteiger partial charge in [-0.15, -0.1) is 0 Å². The molecule has 1 aromatic heterocycles. The number of carbonyl (C=O) groups excluding carboxylic acids is 1. The molecule has 0 bridgehead atoms. The van der Waals surface area contributed by atoms with Gasteiger partial charge in [0.2, 0.25) is 0 Å². The number of fused-ring (bicyclic) bond motifs is 1. The summed E-state index contributed by atoms with van der Waals surface area (Å²) in [5.41, 5.74) is 0.487. The summed E-state index contributed by atoms with van der Waals surface area (Å²) in [6.07, 6.45) is 0. The number of hydrogen-bond acceptors (Lipinski definition) is 3. The summed E-state index contributed by atoms with van der Waals surface area (Å²) in [6, 6.07) is 9.16. The van der Waals surface area contributed by atoms with Gasteiger partial charge in [-0.2, -0.15) is 0 Å². The zero-order chi connectivity index (χ0) is 14.0. The minimum absolute atomic E-state index is 0.196. The Kier molecular flexibility index (Phi) is 3.57. The number of para-hydroxylation sites is 1. The van der Waals surface area contributed by atoms with Crippen LogP contribution in [0.25, 0.3) is 11.0 Å². The Morgan fingerprint density at radius 2 is 1.95 bits per heavy atom. The first kappa shape index (κ1) is 13.5. The molecule has 19 heavy (non-hydrogen) atoms. The predicted octanol–water partition coefficient (Wildman–Crippen LogP) is 2.84. The van der Waals surface area contributed by atoms with Gasteiger partial charge in [0.1, 0.15) is 5.58 Å². The van der Waals surface area contributed by atoms with Crippen LogP contribution in [0.2, 0.25) is 0 Å². The smallest absolute Gasteiger partial charge is 0.293 e. The van der Waals surface area contributed by atoms with Crippen LogP contribution >= 0.6 is 12.2 Å². The van der Waals surface area contributed by atoms with E-state index in [2.05, 4.69) is 10.6 Å². The molecule has 0 fully saturated rings. The molecule has 1 amide bonds. The van der Waals surface area contributed by atoms with E-state index >= 15 is 0 Å². The van der Waals surface area contributed by atoms with Gasteiger partial charge >= 0.3 is 0 Å². The summed E-state index contributed by atoms with van der Waals surface area (Å²) in [6.45, 7) is 5.89. The maximum Gasteiger partial charge on any atom is 0.293 e. The third kappa shape index (κ3) is 3.54. The number of nitrogens with one attached hydrogen (secondary N) is 2. The second-order valence-corrected chi connectivity index (χ2v) is 5.71. The molecule has 1 aromatic carbocycles. The van der Waals surface area contributed by atoms with Crippen LogP contribution in [0.15, 0.2) is 34.7 Å². The van der Waals surface area contributed by atoms with Crippen molar-refractivity contribution in [2.45, 2.75) is 26.3 Å². The van der Waals surface area contributed by atoms with E-state index in [0.717, 1.165) is 5.39 Å². The molecule has 0 saturated heterocycles. The second kappa shape index (κ2) is 5.01. The Morgan fingerprint density at radius 3 is 2.58 bits per heavy atom. The van der Waals surface area contributed by atoms with Crippen molar-refractivity contribution in [1.29, 1.82) is 0 Å². The number of amides is 1. The van der Waals surface area contributed by atoms with Crippen molar-refractivity contribution < 1.29 is 9.21 Å². The molecule has 5 heteroatoms. The standard InChI is InChI=1S/C14H16N2O2S/c1-14(2,3)16-13(19)15-12(17)11-8-9-6-4-5-7-10(9)18-11/h4-8H,1-3H3,(H2,15,16,17,19). The van der Waals surface area contributed by atoms with Crippen molar-refractivity contribution in [2.24, 2.45) is 0 Å². The molecule has 2 aromatic rings. The highest BCUT2D eigenvalue weighted by molar-refractivity contribution is 7.80. The van der Waals surface area contributed by atoms with Gasteiger partial charge in [0.05, 0.1) is 0 Å². The summed E-state index contributed by atoms with van der Waals surface area (Å²) in [4.78, 5) is 12.0. The maximum atomic E-state index is 12.0. The molecule has 0 radical (unpaired) electrons. The Bertz CT molecular complexity index is 593. The average Bonchev–Trinajstić information content (AvgIpc) is 2.69. The Labute approximate surface area is 117 Å². The van der Waals surface area contributed by atoms with Crippen LogP contribution in [-0.2, 0) is 0 Å². The third-order valence-corrected chi connectivity index (χ3v) is 2.57. The molecule has 0 aliphatic rings. The van der Waals surface area contributed by atoms with Crippen LogP contribution in [0.3, 0.4) is 0 Å². The van der Waals surface area contributed by atoms with E-state index in [4.69, 9.17) is 16.6 Å². The van der Waals surface area contributed by atoms with Crippen LogP contribution < -0.4 is 10.6 Å². The van der Waals surface area contributed by atoms with Crippen molar-refractivity contribution in [1.82, 2.24) is 10.6 Å². The normalized spacial score (nSPS) is 11.3. The summed E-state index contributed by atoms with van der Waals surface area (Å²) in [5, 5.41) is 6.79. The Hall–Kier alpha value is -1.88. The van der Waals surface area contributed by atoms with E-state index in [1.165, 1.54) is 0 Å². The first-order valence-corrected chi connectivity index (χ1v) is 6.38. The molecule has 1 heterocycles. The van der Waals surface area contributed by atoms with E-state index < -0.39 is 0 Å². The van der Waals surface area contributed by atoms with Crippen molar-refractivity contribution in [3.05, 3.63) is 36.1 Å². The first-order chi connectivity index (χ1) is 8.85. The minimum Gasteiger partial charge on any atom is -0.451 e. The van der Waals surface area contributed by atoms with Gasteiger partial charge in [-0.1, -0.05) is 18.2 Å². The van der Waals surface area contributed by atoms with Crippen LogP contribution in [0, 0.1) is 0 Å². The monoisotopic (exact) mass is 276 g/mol. The number of hydrogen-bond donors (Lipinski definition) is 2. The summed E-state index contributed by atoms with van der Waals surface area (Å²) >= 11 is 5.07. The minimum atomic E-state index is -0.349. The molecule has 0 aliphatic carbocycles. The fourth-order valence-corrected chi connectivity index (χ4v) is 2.03. The molecule has 0 aliphatic heterocycles. The zero-order valence-corrected chi connectivity index (χ0v) is 11.9. The molecule has 0 atom stereocenters. The van der Waals surface area contributed by atoms with Crippen LogP contribution in [0.1, 0.15) is 31.3 Å². The molecule has 2 N–H and O–H groups in total. The van der Waals surface area contributed by atoms with Gasteiger partial charge in [0.25, 0.3) is 5.91 Å². The molecule has 2 rings (SSSR count). The molecule has 100 valence electrons. The maximum absolute atomic E-state index is 12.0. The van der Waals surface area contributed by atoms with Crippen LogP contribution in [0.5, 0.6) is 0 Å². The molecule has 4 nitrogen and oxygen atoms in total. The van der Waals surface area contributed by atoms with Crippen molar-refractivity contribution in [2.75, 3.05) is 0 Å². The van der Waals surface area contributed by atoms with Crippen molar-refractivity contribution in [3.63, 3.8) is 0 Å². The molecule has 0 saturated carbocycles. The fourth-order valence-electron chi connectivity index (χ4n) is 1.63. The van der Waals surface area contributed by atoms with Gasteiger partial charge in [-0.3, -0.25) is 10.1 Å². The Balaban J connectivity index is 2.10. The summed E-state index contributed by atoms with van der Waals surface area (Å²) in [5.74, 6) is -0.0998. The van der Waals surface area contributed by atoms with E-state index in [1.807, 2.05) is 45.0 Å². The van der Waals surface area contributed by atoms with Crippen LogP contribution in [0.4, 0.5) is 0 Å². The number of benzene rings is 1. The predicted molar refractivity (Wildman–Crippen MR) is 79.2 cm³/mol. The van der Waals surface area contributed by atoms with Gasteiger partial charge < -0.3 is 9.73 Å². The largest absolute Gasteiger partial charge is 0.451 e. The van der Waals surface area contributed by atoms with E-state index in [0.29, 0.717) is 5.58 Å². The quantitative estimate of drug-likeness (QED) is 0.786. The SMILES string of the molecule is CC(C)(C)NC(=S)NC(=O)c1cc2ccccc2o1. The molecule has 0 spiro atoms. The van der Waals surface area contributed by atoms with Crippen LogP contribution in [-0.4, -0.2) is 16.6 Å². The van der Waals surface area contributed by atoms with Gasteiger partial charge in [0, 0.05) is 10.9 Å².